The standard InChI is InChI=1S/C16H13FN2O3/c17-12-5-2-6-13(8-12)19-16-18-9-14(22-16)10-3-1-4-11(7-10)15(20)21/h1-9,15,20-21H,(H,18,19). The van der Waals surface area contributed by atoms with Crippen molar-refractivity contribution in [1.29, 1.82) is 0 Å². The lowest BCUT2D eigenvalue weighted by molar-refractivity contribution is -0.0424. The lowest BCUT2D eigenvalue weighted by Gasteiger charge is -2.05. The Kier molecular flexibility index (Phi) is 3.86. The fourth-order valence-corrected chi connectivity index (χ4v) is 2.01. The second-order valence-corrected chi connectivity index (χ2v) is 4.66. The Morgan fingerprint density at radius 2 is 1.91 bits per heavy atom. The smallest absolute Gasteiger partial charge is 0.299 e. The quantitative estimate of drug-likeness (QED) is 0.645. The molecule has 0 radical (unpaired) electrons. The molecule has 0 aliphatic carbocycles. The third kappa shape index (κ3) is 3.13. The van der Waals surface area contributed by atoms with Gasteiger partial charge < -0.3 is 19.9 Å². The minimum atomic E-state index is -1.55. The summed E-state index contributed by atoms with van der Waals surface area (Å²) in [6.07, 6.45) is -0.0439. The SMILES string of the molecule is OC(O)c1cccc(-c2cnc(Nc3cccc(F)c3)o2)c1. The van der Waals surface area contributed by atoms with Crippen LogP contribution in [0.4, 0.5) is 16.1 Å². The summed E-state index contributed by atoms with van der Waals surface area (Å²) >= 11 is 0. The first-order chi connectivity index (χ1) is 10.6. The molecule has 0 saturated carbocycles. The van der Waals surface area contributed by atoms with Crippen molar-refractivity contribution in [3.8, 4) is 11.3 Å². The van der Waals surface area contributed by atoms with Gasteiger partial charge in [-0.15, -0.1) is 0 Å². The van der Waals surface area contributed by atoms with E-state index in [-0.39, 0.29) is 11.8 Å². The van der Waals surface area contributed by atoms with E-state index >= 15 is 0 Å². The number of oxazole rings is 1. The van der Waals surface area contributed by atoms with E-state index in [0.717, 1.165) is 0 Å². The van der Waals surface area contributed by atoms with Gasteiger partial charge in [-0.1, -0.05) is 24.3 Å². The van der Waals surface area contributed by atoms with Gasteiger partial charge in [-0.25, -0.2) is 9.37 Å². The van der Waals surface area contributed by atoms with Crippen LogP contribution in [-0.2, 0) is 0 Å². The normalized spacial score (nSPS) is 10.9. The fraction of sp³-hybridized carbons (Fsp3) is 0.0625. The summed E-state index contributed by atoms with van der Waals surface area (Å²) in [6, 6.07) is 12.8. The van der Waals surface area contributed by atoms with Crippen molar-refractivity contribution in [3.05, 3.63) is 66.1 Å². The van der Waals surface area contributed by atoms with Crippen molar-refractivity contribution >= 4 is 11.7 Å². The van der Waals surface area contributed by atoms with Crippen molar-refractivity contribution in [2.45, 2.75) is 6.29 Å². The molecule has 2 aromatic carbocycles. The molecule has 5 nitrogen and oxygen atoms in total. The van der Waals surface area contributed by atoms with Crippen molar-refractivity contribution in [3.63, 3.8) is 0 Å². The summed E-state index contributed by atoms with van der Waals surface area (Å²) in [4.78, 5) is 4.07. The number of halogens is 1. The van der Waals surface area contributed by atoms with Crippen molar-refractivity contribution < 1.29 is 19.0 Å². The number of hydrogen-bond donors (Lipinski definition) is 3. The van der Waals surface area contributed by atoms with Gasteiger partial charge in [0, 0.05) is 16.8 Å². The molecule has 0 fully saturated rings. The lowest BCUT2D eigenvalue weighted by Crippen LogP contribution is -1.94. The highest BCUT2D eigenvalue weighted by molar-refractivity contribution is 5.60. The first kappa shape index (κ1) is 14.2. The van der Waals surface area contributed by atoms with E-state index in [9.17, 15) is 14.6 Å². The van der Waals surface area contributed by atoms with Gasteiger partial charge in [0.25, 0.3) is 6.01 Å². The van der Waals surface area contributed by atoms with Gasteiger partial charge >= 0.3 is 0 Å². The lowest BCUT2D eigenvalue weighted by atomic mass is 10.1. The van der Waals surface area contributed by atoms with E-state index in [1.165, 1.54) is 18.3 Å². The van der Waals surface area contributed by atoms with E-state index < -0.39 is 6.29 Å². The summed E-state index contributed by atoms with van der Waals surface area (Å²) in [7, 11) is 0. The van der Waals surface area contributed by atoms with E-state index in [2.05, 4.69) is 10.3 Å². The molecular weight excluding hydrogens is 287 g/mol. The zero-order valence-corrected chi connectivity index (χ0v) is 11.4. The third-order valence-electron chi connectivity index (χ3n) is 3.05. The highest BCUT2D eigenvalue weighted by Gasteiger charge is 2.09. The van der Waals surface area contributed by atoms with Gasteiger partial charge in [0.1, 0.15) is 5.82 Å². The minimum absolute atomic E-state index is 0.218. The molecule has 22 heavy (non-hydrogen) atoms. The summed E-state index contributed by atoms with van der Waals surface area (Å²) in [5.74, 6) is 0.0998. The van der Waals surface area contributed by atoms with E-state index in [1.54, 1.807) is 36.4 Å². The van der Waals surface area contributed by atoms with Gasteiger partial charge in [-0.05, 0) is 24.3 Å². The average molecular weight is 300 g/mol. The highest BCUT2D eigenvalue weighted by atomic mass is 19.1. The van der Waals surface area contributed by atoms with Crippen molar-refractivity contribution in [2.75, 3.05) is 5.32 Å². The van der Waals surface area contributed by atoms with Crippen LogP contribution in [0.25, 0.3) is 11.3 Å². The molecule has 1 aromatic heterocycles. The third-order valence-corrected chi connectivity index (χ3v) is 3.05. The summed E-state index contributed by atoms with van der Waals surface area (Å²) in [6.45, 7) is 0. The van der Waals surface area contributed by atoms with Crippen LogP contribution in [-0.4, -0.2) is 15.2 Å². The maximum Gasteiger partial charge on any atom is 0.299 e. The van der Waals surface area contributed by atoms with Crippen molar-refractivity contribution in [2.24, 2.45) is 0 Å². The second kappa shape index (κ2) is 5.97. The van der Waals surface area contributed by atoms with Crippen molar-refractivity contribution in [1.82, 2.24) is 4.98 Å². The van der Waals surface area contributed by atoms with E-state index in [4.69, 9.17) is 4.42 Å². The second-order valence-electron chi connectivity index (χ2n) is 4.66. The average Bonchev–Trinajstić information content (AvgIpc) is 2.96. The van der Waals surface area contributed by atoms with Crippen LogP contribution in [0.3, 0.4) is 0 Å². The number of aromatic nitrogens is 1. The van der Waals surface area contributed by atoms with Gasteiger partial charge in [-0.3, -0.25) is 0 Å². The molecule has 3 rings (SSSR count). The maximum atomic E-state index is 13.1. The molecule has 3 N–H and O–H groups in total. The number of aliphatic hydroxyl groups is 2. The molecular formula is C16H13FN2O3. The van der Waals surface area contributed by atoms with Crippen LogP contribution >= 0.6 is 0 Å². The molecule has 0 saturated heterocycles. The molecule has 0 atom stereocenters. The molecule has 0 amide bonds. The Balaban J connectivity index is 1.83. The van der Waals surface area contributed by atoms with Gasteiger partial charge in [0.2, 0.25) is 0 Å². The summed E-state index contributed by atoms with van der Waals surface area (Å²) in [5.41, 5.74) is 1.53. The Labute approximate surface area is 125 Å². The first-order valence-electron chi connectivity index (χ1n) is 6.57. The molecule has 6 heteroatoms. The number of nitrogens with zero attached hydrogens (tertiary/aromatic N) is 1. The zero-order valence-electron chi connectivity index (χ0n) is 11.4. The van der Waals surface area contributed by atoms with Crippen LogP contribution in [0.1, 0.15) is 11.9 Å². The van der Waals surface area contributed by atoms with Crippen LogP contribution in [0.5, 0.6) is 0 Å². The Hall–Kier alpha value is -2.70. The largest absolute Gasteiger partial charge is 0.423 e. The summed E-state index contributed by atoms with van der Waals surface area (Å²) < 4.78 is 18.7. The molecule has 3 aromatic rings. The Bertz CT molecular complexity index is 786. The Morgan fingerprint density at radius 3 is 2.68 bits per heavy atom. The van der Waals surface area contributed by atoms with E-state index in [0.29, 0.717) is 22.6 Å². The first-order valence-corrected chi connectivity index (χ1v) is 6.57. The highest BCUT2D eigenvalue weighted by Crippen LogP contribution is 2.26. The van der Waals surface area contributed by atoms with E-state index in [1.807, 2.05) is 0 Å². The number of anilines is 2. The predicted octanol–water partition coefficient (Wildman–Crippen LogP) is 3.21. The zero-order chi connectivity index (χ0) is 15.5. The molecule has 0 bridgehead atoms. The van der Waals surface area contributed by atoms with Gasteiger partial charge in [0.05, 0.1) is 6.20 Å². The van der Waals surface area contributed by atoms with Crippen LogP contribution in [0.2, 0.25) is 0 Å². The minimum Gasteiger partial charge on any atom is -0.423 e. The number of rotatable bonds is 4. The van der Waals surface area contributed by atoms with Crippen LogP contribution < -0.4 is 5.32 Å². The molecule has 0 unspecified atom stereocenters. The topological polar surface area (TPSA) is 78.5 Å². The number of hydrogen-bond acceptors (Lipinski definition) is 5. The monoisotopic (exact) mass is 300 g/mol. The molecule has 1 heterocycles. The molecule has 0 aliphatic heterocycles. The maximum absolute atomic E-state index is 13.1. The fourth-order valence-electron chi connectivity index (χ4n) is 2.01. The number of nitrogens with one attached hydrogen (secondary N) is 1. The number of benzene rings is 2. The Morgan fingerprint density at radius 1 is 1.09 bits per heavy atom. The predicted molar refractivity (Wildman–Crippen MR) is 78.8 cm³/mol. The molecule has 0 aliphatic rings. The molecule has 112 valence electrons. The van der Waals surface area contributed by atoms with Crippen LogP contribution in [0.15, 0.2) is 59.1 Å². The molecule has 0 spiro atoms. The van der Waals surface area contributed by atoms with Gasteiger partial charge in [-0.2, -0.15) is 0 Å². The number of aliphatic hydroxyl groups excluding tert-OH is 1. The summed E-state index contributed by atoms with van der Waals surface area (Å²) in [5, 5.41) is 21.2. The van der Waals surface area contributed by atoms with Crippen LogP contribution in [0, 0.1) is 5.82 Å². The van der Waals surface area contributed by atoms with Gasteiger partial charge in [0.15, 0.2) is 12.1 Å².